The van der Waals surface area contributed by atoms with E-state index in [1.807, 2.05) is 23.6 Å². The number of aromatic nitrogens is 2. The van der Waals surface area contributed by atoms with E-state index in [0.717, 1.165) is 36.0 Å². The van der Waals surface area contributed by atoms with Crippen LogP contribution >= 0.6 is 36.2 Å². The molecule has 2 N–H and O–H groups in total. The van der Waals surface area contributed by atoms with Crippen LogP contribution in [0.1, 0.15) is 5.69 Å². The highest BCUT2D eigenvalue weighted by molar-refractivity contribution is 7.13. The lowest BCUT2D eigenvalue weighted by Gasteiger charge is -2.26. The smallest absolute Gasteiger partial charge is 0.226 e. The minimum absolute atomic E-state index is 0. The number of thiazole rings is 1. The Labute approximate surface area is 145 Å². The summed E-state index contributed by atoms with van der Waals surface area (Å²) in [5.74, 6) is 0.619. The minimum Gasteiger partial charge on any atom is -0.355 e. The van der Waals surface area contributed by atoms with Crippen molar-refractivity contribution >= 4 is 42.1 Å². The molecule has 1 aliphatic heterocycles. The Kier molecular flexibility index (Phi) is 7.75. The number of nitrogens with one attached hydrogen (secondary N) is 2. The van der Waals surface area contributed by atoms with Crippen LogP contribution in [0.15, 0.2) is 29.8 Å². The van der Waals surface area contributed by atoms with E-state index < -0.39 is 0 Å². The average Bonchev–Trinajstić information content (AvgIpc) is 2.86. The monoisotopic (exact) mass is 360 g/mol. The van der Waals surface area contributed by atoms with Gasteiger partial charge in [-0.15, -0.1) is 36.2 Å². The first-order valence-electron chi connectivity index (χ1n) is 6.64. The van der Waals surface area contributed by atoms with E-state index in [0.29, 0.717) is 12.3 Å². The number of carbonyl (C=O) groups excluding carboxylic acids is 1. The van der Waals surface area contributed by atoms with Crippen LogP contribution in [-0.2, 0) is 11.2 Å². The van der Waals surface area contributed by atoms with Crippen LogP contribution in [0.4, 0.5) is 0 Å². The summed E-state index contributed by atoms with van der Waals surface area (Å²) >= 11 is 1.52. The third kappa shape index (κ3) is 4.91. The first-order valence-corrected chi connectivity index (χ1v) is 7.52. The molecule has 1 aliphatic rings. The molecular weight excluding hydrogens is 343 g/mol. The topological polar surface area (TPSA) is 66.9 Å². The van der Waals surface area contributed by atoms with Gasteiger partial charge in [0.05, 0.1) is 17.8 Å². The quantitative estimate of drug-likeness (QED) is 0.854. The van der Waals surface area contributed by atoms with Gasteiger partial charge in [-0.2, -0.15) is 0 Å². The first kappa shape index (κ1) is 18.8. The van der Waals surface area contributed by atoms with Crippen molar-refractivity contribution in [3.8, 4) is 10.7 Å². The summed E-state index contributed by atoms with van der Waals surface area (Å²) in [5.41, 5.74) is 1.66. The highest BCUT2D eigenvalue weighted by Crippen LogP contribution is 2.21. The minimum atomic E-state index is 0. The molecule has 3 heterocycles. The molecule has 0 spiro atoms. The number of hydrogen-bond acceptors (Lipinski definition) is 5. The Bertz CT molecular complexity index is 590. The van der Waals surface area contributed by atoms with E-state index in [2.05, 4.69) is 20.6 Å². The molecule has 0 aromatic carbocycles. The van der Waals surface area contributed by atoms with Crippen LogP contribution in [-0.4, -0.2) is 35.5 Å². The molecule has 5 nitrogen and oxygen atoms in total. The summed E-state index contributed by atoms with van der Waals surface area (Å²) in [4.78, 5) is 20.5. The second-order valence-electron chi connectivity index (χ2n) is 4.86. The van der Waals surface area contributed by atoms with Gasteiger partial charge in [-0.3, -0.25) is 9.78 Å². The van der Waals surface area contributed by atoms with Crippen molar-refractivity contribution in [1.82, 2.24) is 20.6 Å². The van der Waals surface area contributed by atoms with Crippen molar-refractivity contribution in [3.05, 3.63) is 35.5 Å². The molecule has 1 amide bonds. The fourth-order valence-electron chi connectivity index (χ4n) is 1.97. The van der Waals surface area contributed by atoms with Crippen LogP contribution in [0, 0.1) is 5.92 Å². The van der Waals surface area contributed by atoms with Crippen molar-refractivity contribution in [1.29, 1.82) is 0 Å². The standard InChI is InChI=1S/C14H16N4OS.2ClH/c19-13(17-8-10-6-15-7-10)5-11-9-20-14(18-11)12-3-1-2-4-16-12;;/h1-4,9-10,15H,5-8H2,(H,17,19);2*1H. The molecule has 2 aromatic rings. The third-order valence-corrected chi connectivity index (χ3v) is 4.14. The molecule has 0 atom stereocenters. The maximum atomic E-state index is 11.8. The third-order valence-electron chi connectivity index (χ3n) is 3.23. The number of hydrogen-bond donors (Lipinski definition) is 2. The number of nitrogens with zero attached hydrogens (tertiary/aromatic N) is 2. The van der Waals surface area contributed by atoms with E-state index in [-0.39, 0.29) is 30.7 Å². The van der Waals surface area contributed by atoms with Gasteiger partial charge in [0.25, 0.3) is 0 Å². The molecule has 0 aliphatic carbocycles. The summed E-state index contributed by atoms with van der Waals surface area (Å²) < 4.78 is 0. The van der Waals surface area contributed by atoms with Gasteiger partial charge in [0, 0.05) is 37.1 Å². The number of rotatable bonds is 5. The predicted molar refractivity (Wildman–Crippen MR) is 92.9 cm³/mol. The van der Waals surface area contributed by atoms with Gasteiger partial charge in [-0.25, -0.2) is 4.98 Å². The largest absolute Gasteiger partial charge is 0.355 e. The Morgan fingerprint density at radius 1 is 1.36 bits per heavy atom. The van der Waals surface area contributed by atoms with E-state index in [9.17, 15) is 4.79 Å². The van der Waals surface area contributed by atoms with Gasteiger partial charge >= 0.3 is 0 Å². The lowest BCUT2D eigenvalue weighted by molar-refractivity contribution is -0.120. The lowest BCUT2D eigenvalue weighted by Crippen LogP contribution is -2.48. The Balaban J connectivity index is 0.00000121. The fraction of sp³-hybridized carbons (Fsp3) is 0.357. The summed E-state index contributed by atoms with van der Waals surface area (Å²) in [6.45, 7) is 2.75. The van der Waals surface area contributed by atoms with Crippen LogP contribution in [0.5, 0.6) is 0 Å². The maximum absolute atomic E-state index is 11.8. The second kappa shape index (κ2) is 9.05. The van der Waals surface area contributed by atoms with Gasteiger partial charge in [0.1, 0.15) is 5.01 Å². The van der Waals surface area contributed by atoms with Crippen molar-refractivity contribution in [2.24, 2.45) is 5.92 Å². The van der Waals surface area contributed by atoms with Gasteiger partial charge in [0.15, 0.2) is 0 Å². The highest BCUT2D eigenvalue weighted by Gasteiger charge is 2.17. The highest BCUT2D eigenvalue weighted by atomic mass is 35.5. The van der Waals surface area contributed by atoms with E-state index in [1.54, 1.807) is 6.20 Å². The normalized spacial score (nSPS) is 13.5. The Hall–Kier alpha value is -1.21. The van der Waals surface area contributed by atoms with Gasteiger partial charge in [0.2, 0.25) is 5.91 Å². The molecule has 0 saturated carbocycles. The number of carbonyl (C=O) groups is 1. The van der Waals surface area contributed by atoms with Gasteiger partial charge in [-0.1, -0.05) is 6.07 Å². The molecule has 22 heavy (non-hydrogen) atoms. The van der Waals surface area contributed by atoms with Crippen LogP contribution in [0.2, 0.25) is 0 Å². The van der Waals surface area contributed by atoms with Crippen molar-refractivity contribution in [2.45, 2.75) is 6.42 Å². The molecule has 0 unspecified atom stereocenters. The zero-order valence-electron chi connectivity index (χ0n) is 11.8. The summed E-state index contributed by atoms with van der Waals surface area (Å²) in [6, 6.07) is 5.73. The van der Waals surface area contributed by atoms with Crippen LogP contribution in [0.25, 0.3) is 10.7 Å². The molecule has 3 rings (SSSR count). The molecule has 120 valence electrons. The molecular formula is C14H18Cl2N4OS. The second-order valence-corrected chi connectivity index (χ2v) is 5.72. The van der Waals surface area contributed by atoms with Crippen LogP contribution in [0.3, 0.4) is 0 Å². The maximum Gasteiger partial charge on any atom is 0.226 e. The van der Waals surface area contributed by atoms with Gasteiger partial charge in [-0.05, 0) is 12.1 Å². The molecule has 1 fully saturated rings. The summed E-state index contributed by atoms with van der Waals surface area (Å²) in [6.07, 6.45) is 2.08. The molecule has 2 aromatic heterocycles. The van der Waals surface area contributed by atoms with E-state index in [1.165, 1.54) is 11.3 Å². The number of pyridine rings is 1. The van der Waals surface area contributed by atoms with Gasteiger partial charge < -0.3 is 10.6 Å². The first-order chi connectivity index (χ1) is 9.81. The fourth-order valence-corrected chi connectivity index (χ4v) is 2.77. The summed E-state index contributed by atoms with van der Waals surface area (Å²) in [5, 5.41) is 8.92. The Morgan fingerprint density at radius 2 is 2.18 bits per heavy atom. The Morgan fingerprint density at radius 3 is 2.82 bits per heavy atom. The van der Waals surface area contributed by atoms with E-state index in [4.69, 9.17) is 0 Å². The van der Waals surface area contributed by atoms with Crippen molar-refractivity contribution in [2.75, 3.05) is 19.6 Å². The number of halogens is 2. The average molecular weight is 361 g/mol. The zero-order chi connectivity index (χ0) is 13.8. The van der Waals surface area contributed by atoms with Crippen molar-refractivity contribution < 1.29 is 4.79 Å². The molecule has 0 radical (unpaired) electrons. The van der Waals surface area contributed by atoms with Crippen LogP contribution < -0.4 is 10.6 Å². The lowest BCUT2D eigenvalue weighted by atomic mass is 10.0. The van der Waals surface area contributed by atoms with E-state index >= 15 is 0 Å². The molecule has 8 heteroatoms. The summed E-state index contributed by atoms with van der Waals surface area (Å²) in [7, 11) is 0. The zero-order valence-corrected chi connectivity index (χ0v) is 14.3. The molecule has 0 bridgehead atoms. The predicted octanol–water partition coefficient (Wildman–Crippen LogP) is 1.93. The van der Waals surface area contributed by atoms with Crippen molar-refractivity contribution in [3.63, 3.8) is 0 Å². The SMILES string of the molecule is Cl.Cl.O=C(Cc1csc(-c2ccccn2)n1)NCC1CNC1. The number of amides is 1. The molecule has 1 saturated heterocycles.